The van der Waals surface area contributed by atoms with E-state index in [2.05, 4.69) is 38.1 Å². The third-order valence-electron chi connectivity index (χ3n) is 7.81. The molecular formula is C35H56O2. The van der Waals surface area contributed by atoms with Crippen LogP contribution in [0.3, 0.4) is 0 Å². The Labute approximate surface area is 228 Å². The molecule has 2 rings (SSSR count). The van der Waals surface area contributed by atoms with Crippen LogP contribution in [0.2, 0.25) is 0 Å². The summed E-state index contributed by atoms with van der Waals surface area (Å²) in [5.74, 6) is 0.666. The molecule has 37 heavy (non-hydrogen) atoms. The maximum absolute atomic E-state index is 10.5. The molecule has 0 amide bonds. The van der Waals surface area contributed by atoms with Crippen LogP contribution in [-0.2, 0) is 19.3 Å². The summed E-state index contributed by atoms with van der Waals surface area (Å²) in [4.78, 5) is 0. The van der Waals surface area contributed by atoms with Gasteiger partial charge in [-0.3, -0.25) is 0 Å². The first-order chi connectivity index (χ1) is 18.1. The summed E-state index contributed by atoms with van der Waals surface area (Å²) in [6.07, 6.45) is 26.8. The lowest BCUT2D eigenvalue weighted by molar-refractivity contribution is 0.462. The molecule has 2 aromatic carbocycles. The molecule has 0 spiro atoms. The second-order valence-electron chi connectivity index (χ2n) is 11.3. The number of hydrogen-bond donors (Lipinski definition) is 2. The first-order valence-corrected chi connectivity index (χ1v) is 15.8. The summed E-state index contributed by atoms with van der Waals surface area (Å²) in [7, 11) is 0. The number of phenolic OH excluding ortho intramolecular Hbond substituents is 2. The molecule has 0 fully saturated rings. The van der Waals surface area contributed by atoms with Crippen LogP contribution in [-0.4, -0.2) is 10.2 Å². The van der Waals surface area contributed by atoms with Crippen LogP contribution in [0.5, 0.6) is 11.5 Å². The van der Waals surface area contributed by atoms with Gasteiger partial charge in [-0.2, -0.15) is 0 Å². The highest BCUT2D eigenvalue weighted by Crippen LogP contribution is 2.28. The van der Waals surface area contributed by atoms with Crippen LogP contribution in [0, 0.1) is 0 Å². The first-order valence-electron chi connectivity index (χ1n) is 15.8. The molecule has 0 atom stereocenters. The van der Waals surface area contributed by atoms with Crippen molar-refractivity contribution in [1.82, 2.24) is 0 Å². The molecule has 0 unspecified atom stereocenters. The molecule has 0 aromatic heterocycles. The van der Waals surface area contributed by atoms with Gasteiger partial charge in [0, 0.05) is 6.42 Å². The van der Waals surface area contributed by atoms with Gasteiger partial charge in [0.1, 0.15) is 11.5 Å². The van der Waals surface area contributed by atoms with E-state index in [9.17, 15) is 10.2 Å². The van der Waals surface area contributed by atoms with Crippen molar-refractivity contribution in [3.63, 3.8) is 0 Å². The van der Waals surface area contributed by atoms with E-state index < -0.39 is 0 Å². The van der Waals surface area contributed by atoms with Gasteiger partial charge in [0.15, 0.2) is 0 Å². The zero-order valence-corrected chi connectivity index (χ0v) is 24.2. The number of unbranched alkanes of at least 4 members (excludes halogenated alkanes) is 16. The van der Waals surface area contributed by atoms with Gasteiger partial charge < -0.3 is 10.2 Å². The Morgan fingerprint density at radius 3 is 1.11 bits per heavy atom. The normalized spacial score (nSPS) is 11.3. The summed E-state index contributed by atoms with van der Waals surface area (Å²) in [5, 5.41) is 21.0. The van der Waals surface area contributed by atoms with Crippen LogP contribution in [0.1, 0.15) is 152 Å². The van der Waals surface area contributed by atoms with E-state index in [-0.39, 0.29) is 0 Å². The van der Waals surface area contributed by atoms with Crippen molar-refractivity contribution >= 4 is 0 Å². The SMILES string of the molecule is CCCCCCCCCCCc1ccc(O)c(Cc2cc(CCCCCCCCCCC)ccc2O)c1. The van der Waals surface area contributed by atoms with Crippen LogP contribution in [0.15, 0.2) is 36.4 Å². The fourth-order valence-electron chi connectivity index (χ4n) is 5.36. The van der Waals surface area contributed by atoms with Gasteiger partial charge in [0.2, 0.25) is 0 Å². The number of hydrogen-bond acceptors (Lipinski definition) is 2. The third kappa shape index (κ3) is 14.0. The number of phenols is 2. The quantitative estimate of drug-likeness (QED) is 0.155. The maximum Gasteiger partial charge on any atom is 0.119 e. The molecule has 0 aliphatic carbocycles. The zero-order valence-electron chi connectivity index (χ0n) is 24.2. The number of rotatable bonds is 22. The topological polar surface area (TPSA) is 40.5 Å². The Morgan fingerprint density at radius 2 is 0.757 bits per heavy atom. The van der Waals surface area contributed by atoms with E-state index in [4.69, 9.17) is 0 Å². The van der Waals surface area contributed by atoms with E-state index in [1.54, 1.807) is 0 Å². The molecule has 208 valence electrons. The van der Waals surface area contributed by atoms with E-state index in [1.165, 1.54) is 127 Å². The summed E-state index contributed by atoms with van der Waals surface area (Å²) >= 11 is 0. The van der Waals surface area contributed by atoms with Crippen molar-refractivity contribution in [2.24, 2.45) is 0 Å². The Balaban J connectivity index is 1.74. The molecule has 0 heterocycles. The van der Waals surface area contributed by atoms with Gasteiger partial charge in [-0.1, -0.05) is 141 Å². The lowest BCUT2D eigenvalue weighted by Gasteiger charge is -2.11. The molecule has 0 bridgehead atoms. The van der Waals surface area contributed by atoms with E-state index in [1.807, 2.05) is 12.1 Å². The van der Waals surface area contributed by atoms with Crippen molar-refractivity contribution in [2.75, 3.05) is 0 Å². The Morgan fingerprint density at radius 1 is 0.432 bits per heavy atom. The molecule has 2 heteroatoms. The van der Waals surface area contributed by atoms with E-state index in [0.29, 0.717) is 17.9 Å². The molecule has 0 aliphatic heterocycles. The summed E-state index contributed by atoms with van der Waals surface area (Å²) in [6.45, 7) is 4.54. The second kappa shape index (κ2) is 20.1. The monoisotopic (exact) mass is 508 g/mol. The number of aryl methyl sites for hydroxylation is 2. The van der Waals surface area contributed by atoms with Crippen LogP contribution >= 0.6 is 0 Å². The maximum atomic E-state index is 10.5. The highest BCUT2D eigenvalue weighted by molar-refractivity contribution is 5.44. The van der Waals surface area contributed by atoms with Crippen molar-refractivity contribution in [3.05, 3.63) is 58.7 Å². The number of benzene rings is 2. The highest BCUT2D eigenvalue weighted by Gasteiger charge is 2.09. The summed E-state index contributed by atoms with van der Waals surface area (Å²) in [5.41, 5.74) is 4.43. The lowest BCUT2D eigenvalue weighted by atomic mass is 9.96. The van der Waals surface area contributed by atoms with Gasteiger partial charge in [-0.05, 0) is 60.1 Å². The predicted octanol–water partition coefficient (Wildman–Crippen LogP) is 10.8. The fraction of sp³-hybridized carbons (Fsp3) is 0.657. The Hall–Kier alpha value is -1.96. The third-order valence-corrected chi connectivity index (χ3v) is 7.81. The van der Waals surface area contributed by atoms with Crippen LogP contribution in [0.25, 0.3) is 0 Å². The Kier molecular flexibility index (Phi) is 16.9. The summed E-state index contributed by atoms with van der Waals surface area (Å²) in [6, 6.07) is 12.1. The largest absolute Gasteiger partial charge is 0.508 e. The Bertz CT molecular complexity index is 772. The molecule has 2 nitrogen and oxygen atoms in total. The molecular weight excluding hydrogens is 452 g/mol. The molecule has 0 radical (unpaired) electrons. The molecule has 0 saturated heterocycles. The van der Waals surface area contributed by atoms with Crippen molar-refractivity contribution in [3.8, 4) is 11.5 Å². The standard InChI is InChI=1S/C35H56O2/c1-3-5-7-9-11-13-15-17-19-21-30-23-25-34(36)32(27-30)29-33-28-31(24-26-35(33)37)22-20-18-16-14-12-10-8-6-4-2/h23-28,36-37H,3-22,29H2,1-2H3. The zero-order chi connectivity index (χ0) is 26.6. The second-order valence-corrected chi connectivity index (χ2v) is 11.3. The van der Waals surface area contributed by atoms with Gasteiger partial charge in [-0.15, -0.1) is 0 Å². The summed E-state index contributed by atoms with van der Waals surface area (Å²) < 4.78 is 0. The number of aromatic hydroxyl groups is 2. The van der Waals surface area contributed by atoms with E-state index >= 15 is 0 Å². The van der Waals surface area contributed by atoms with E-state index in [0.717, 1.165) is 24.0 Å². The lowest BCUT2D eigenvalue weighted by Crippen LogP contribution is -1.95. The smallest absolute Gasteiger partial charge is 0.119 e. The predicted molar refractivity (Wildman–Crippen MR) is 161 cm³/mol. The minimum absolute atomic E-state index is 0.333. The molecule has 2 aromatic rings. The van der Waals surface area contributed by atoms with Crippen LogP contribution in [0.4, 0.5) is 0 Å². The average Bonchev–Trinajstić information content (AvgIpc) is 2.90. The average molecular weight is 509 g/mol. The fourth-order valence-corrected chi connectivity index (χ4v) is 5.36. The molecule has 2 N–H and O–H groups in total. The van der Waals surface area contributed by atoms with Gasteiger partial charge in [0.05, 0.1) is 0 Å². The van der Waals surface area contributed by atoms with Crippen molar-refractivity contribution < 1.29 is 10.2 Å². The minimum Gasteiger partial charge on any atom is -0.508 e. The molecule has 0 aliphatic rings. The minimum atomic E-state index is 0.333. The van der Waals surface area contributed by atoms with Crippen molar-refractivity contribution in [2.45, 2.75) is 149 Å². The highest BCUT2D eigenvalue weighted by atomic mass is 16.3. The molecule has 0 saturated carbocycles. The van der Waals surface area contributed by atoms with Gasteiger partial charge in [-0.25, -0.2) is 0 Å². The van der Waals surface area contributed by atoms with Gasteiger partial charge >= 0.3 is 0 Å². The van der Waals surface area contributed by atoms with Crippen LogP contribution < -0.4 is 0 Å². The van der Waals surface area contributed by atoms with Crippen molar-refractivity contribution in [1.29, 1.82) is 0 Å². The first kappa shape index (κ1) is 31.3. The van der Waals surface area contributed by atoms with Gasteiger partial charge in [0.25, 0.3) is 0 Å².